The van der Waals surface area contributed by atoms with Crippen molar-refractivity contribution >= 4 is 45.5 Å². The molecule has 2 aromatic carbocycles. The molecule has 0 fully saturated rings. The number of carbonyl (C=O) groups excluding carboxylic acids is 1. The van der Waals surface area contributed by atoms with E-state index in [9.17, 15) is 4.79 Å². The maximum Gasteiger partial charge on any atom is 0.293 e. The summed E-state index contributed by atoms with van der Waals surface area (Å²) >= 11 is 6.01. The van der Waals surface area contributed by atoms with Crippen LogP contribution >= 0.6 is 11.6 Å². The number of furan rings is 1. The van der Waals surface area contributed by atoms with Crippen LogP contribution in [0.3, 0.4) is 0 Å². The quantitative estimate of drug-likeness (QED) is 0.440. The molecule has 0 atom stereocenters. The number of rotatable bonds is 7. The van der Waals surface area contributed by atoms with E-state index in [4.69, 9.17) is 20.8 Å². The highest BCUT2D eigenvalue weighted by Gasteiger charge is 2.17. The predicted molar refractivity (Wildman–Crippen MR) is 110 cm³/mol. The Bertz CT molecular complexity index is 1130. The Balaban J connectivity index is 1.61. The van der Waals surface area contributed by atoms with Crippen LogP contribution < -0.4 is 5.32 Å². The molecule has 0 saturated carbocycles. The lowest BCUT2D eigenvalue weighted by Gasteiger charge is -2.09. The monoisotopic (exact) mass is 397 g/mol. The Hall–Kier alpha value is -2.83. The number of hydrogen-bond acceptors (Lipinski definition) is 4. The zero-order chi connectivity index (χ0) is 19.5. The van der Waals surface area contributed by atoms with Gasteiger partial charge in [0, 0.05) is 30.2 Å². The molecule has 0 saturated heterocycles. The molecule has 7 heteroatoms. The van der Waals surface area contributed by atoms with Crippen LogP contribution in [0.1, 0.15) is 23.9 Å². The second-order valence-electron chi connectivity index (χ2n) is 6.37. The van der Waals surface area contributed by atoms with Gasteiger partial charge in [0.2, 0.25) is 5.95 Å². The van der Waals surface area contributed by atoms with Gasteiger partial charge >= 0.3 is 0 Å². The summed E-state index contributed by atoms with van der Waals surface area (Å²) in [5.41, 5.74) is 2.40. The standard InChI is InChI=1S/C21H20ClN3O3/c1-2-27-11-5-10-25-17-7-4-3-6-16(17)23-21(25)24-20(26)19-13-14-12-15(22)8-9-18(14)28-19/h3-4,6-9,12-13H,2,5,10-11H2,1H3,(H,23,24,26). The van der Waals surface area contributed by atoms with Crippen LogP contribution in [-0.4, -0.2) is 28.7 Å². The second-order valence-corrected chi connectivity index (χ2v) is 6.81. The number of hydrogen-bond donors (Lipinski definition) is 1. The lowest BCUT2D eigenvalue weighted by Crippen LogP contribution is -2.16. The molecule has 144 valence electrons. The summed E-state index contributed by atoms with van der Waals surface area (Å²) in [6.45, 7) is 4.00. The van der Waals surface area contributed by atoms with E-state index in [2.05, 4.69) is 10.3 Å². The van der Waals surface area contributed by atoms with E-state index < -0.39 is 0 Å². The number of nitrogens with one attached hydrogen (secondary N) is 1. The first-order valence-corrected chi connectivity index (χ1v) is 9.57. The van der Waals surface area contributed by atoms with Crippen LogP contribution in [0, 0.1) is 0 Å². The van der Waals surface area contributed by atoms with E-state index in [0.717, 1.165) is 22.8 Å². The van der Waals surface area contributed by atoms with Crippen LogP contribution in [0.25, 0.3) is 22.0 Å². The molecule has 0 radical (unpaired) electrons. The van der Waals surface area contributed by atoms with E-state index >= 15 is 0 Å². The topological polar surface area (TPSA) is 69.3 Å². The first-order valence-electron chi connectivity index (χ1n) is 9.19. The molecule has 2 heterocycles. The summed E-state index contributed by atoms with van der Waals surface area (Å²) < 4.78 is 13.1. The van der Waals surface area contributed by atoms with Crippen molar-refractivity contribution in [2.24, 2.45) is 0 Å². The molecule has 0 aliphatic carbocycles. The van der Waals surface area contributed by atoms with E-state index in [1.54, 1.807) is 24.3 Å². The highest BCUT2D eigenvalue weighted by atomic mass is 35.5. The fourth-order valence-electron chi connectivity index (χ4n) is 3.16. The third-order valence-corrected chi connectivity index (χ3v) is 4.69. The number of imidazole rings is 1. The summed E-state index contributed by atoms with van der Waals surface area (Å²) in [6.07, 6.45) is 0.820. The minimum absolute atomic E-state index is 0.213. The molecule has 4 aromatic rings. The van der Waals surface area contributed by atoms with Gasteiger partial charge in [-0.2, -0.15) is 0 Å². The third-order valence-electron chi connectivity index (χ3n) is 4.46. The summed E-state index contributed by atoms with van der Waals surface area (Å²) in [6, 6.07) is 14.7. The summed E-state index contributed by atoms with van der Waals surface area (Å²) in [5, 5.41) is 4.25. The molecular weight excluding hydrogens is 378 g/mol. The van der Waals surface area contributed by atoms with Crippen LogP contribution in [0.5, 0.6) is 0 Å². The van der Waals surface area contributed by atoms with Crippen LogP contribution in [0.2, 0.25) is 5.02 Å². The average molecular weight is 398 g/mol. The number of carbonyl (C=O) groups is 1. The molecule has 6 nitrogen and oxygen atoms in total. The molecule has 0 aliphatic rings. The second kappa shape index (κ2) is 8.04. The number of amides is 1. The number of fused-ring (bicyclic) bond motifs is 2. The van der Waals surface area contributed by atoms with Gasteiger partial charge in [0.05, 0.1) is 11.0 Å². The number of nitrogens with zero attached hydrogens (tertiary/aromatic N) is 2. The van der Waals surface area contributed by atoms with Crippen molar-refractivity contribution in [2.45, 2.75) is 19.9 Å². The average Bonchev–Trinajstić information content (AvgIpc) is 3.26. The van der Waals surface area contributed by atoms with Crippen LogP contribution in [0.15, 0.2) is 52.9 Å². The van der Waals surface area contributed by atoms with Gasteiger partial charge in [-0.25, -0.2) is 4.98 Å². The molecule has 1 N–H and O–H groups in total. The highest BCUT2D eigenvalue weighted by molar-refractivity contribution is 6.31. The third kappa shape index (κ3) is 3.74. The Morgan fingerprint density at radius 1 is 1.25 bits per heavy atom. The first-order chi connectivity index (χ1) is 13.7. The highest BCUT2D eigenvalue weighted by Crippen LogP contribution is 2.25. The van der Waals surface area contributed by atoms with Gasteiger partial charge in [0.1, 0.15) is 5.58 Å². The Morgan fingerprint density at radius 3 is 2.96 bits per heavy atom. The Morgan fingerprint density at radius 2 is 2.11 bits per heavy atom. The number of para-hydroxylation sites is 2. The molecular formula is C21H20ClN3O3. The van der Waals surface area contributed by atoms with Crippen molar-refractivity contribution in [2.75, 3.05) is 18.5 Å². The lowest BCUT2D eigenvalue weighted by atomic mass is 10.2. The van der Waals surface area contributed by atoms with Crippen LogP contribution in [0.4, 0.5) is 5.95 Å². The molecule has 28 heavy (non-hydrogen) atoms. The maximum absolute atomic E-state index is 12.8. The molecule has 1 amide bonds. The van der Waals surface area contributed by atoms with Crippen molar-refractivity contribution in [3.63, 3.8) is 0 Å². The number of aromatic nitrogens is 2. The lowest BCUT2D eigenvalue weighted by molar-refractivity contribution is 0.0997. The van der Waals surface area contributed by atoms with E-state index in [-0.39, 0.29) is 11.7 Å². The van der Waals surface area contributed by atoms with Crippen molar-refractivity contribution in [1.29, 1.82) is 0 Å². The first kappa shape index (κ1) is 18.5. The fraction of sp³-hybridized carbons (Fsp3) is 0.238. The minimum atomic E-state index is -0.353. The van der Waals surface area contributed by atoms with Crippen molar-refractivity contribution in [1.82, 2.24) is 9.55 Å². The molecule has 0 aliphatic heterocycles. The van der Waals surface area contributed by atoms with Gasteiger partial charge in [-0.05, 0) is 49.7 Å². The summed E-state index contributed by atoms with van der Waals surface area (Å²) in [7, 11) is 0. The molecule has 0 unspecified atom stereocenters. The van der Waals surface area contributed by atoms with Crippen LogP contribution in [-0.2, 0) is 11.3 Å². The van der Waals surface area contributed by atoms with Gasteiger partial charge in [0.25, 0.3) is 5.91 Å². The Kier molecular flexibility index (Phi) is 5.32. The number of ether oxygens (including phenoxy) is 1. The van der Waals surface area contributed by atoms with Gasteiger partial charge in [0.15, 0.2) is 5.76 Å². The number of anilines is 1. The van der Waals surface area contributed by atoms with E-state index in [1.807, 2.05) is 35.8 Å². The molecule has 4 rings (SSSR count). The van der Waals surface area contributed by atoms with Crippen molar-refractivity contribution in [3.05, 3.63) is 59.3 Å². The SMILES string of the molecule is CCOCCCn1c(NC(=O)c2cc3cc(Cl)ccc3o2)nc2ccccc21. The molecule has 2 aromatic heterocycles. The van der Waals surface area contributed by atoms with Gasteiger partial charge in [-0.3, -0.25) is 10.1 Å². The largest absolute Gasteiger partial charge is 0.451 e. The van der Waals surface area contributed by atoms with E-state index in [0.29, 0.717) is 36.3 Å². The number of benzene rings is 2. The fourth-order valence-corrected chi connectivity index (χ4v) is 3.34. The predicted octanol–water partition coefficient (Wildman–Crippen LogP) is 5.11. The van der Waals surface area contributed by atoms with Gasteiger partial charge in [-0.15, -0.1) is 0 Å². The van der Waals surface area contributed by atoms with E-state index in [1.165, 1.54) is 0 Å². The maximum atomic E-state index is 12.8. The van der Waals surface area contributed by atoms with Crippen molar-refractivity contribution in [3.8, 4) is 0 Å². The minimum Gasteiger partial charge on any atom is -0.451 e. The normalized spacial score (nSPS) is 11.4. The summed E-state index contributed by atoms with van der Waals surface area (Å²) in [5.74, 6) is 0.347. The zero-order valence-corrected chi connectivity index (χ0v) is 16.2. The summed E-state index contributed by atoms with van der Waals surface area (Å²) in [4.78, 5) is 17.3. The smallest absolute Gasteiger partial charge is 0.293 e. The Labute approximate surface area is 167 Å². The number of halogens is 1. The number of aryl methyl sites for hydroxylation is 1. The molecule has 0 spiro atoms. The van der Waals surface area contributed by atoms with Crippen molar-refractivity contribution < 1.29 is 13.9 Å². The van der Waals surface area contributed by atoms with Gasteiger partial charge < -0.3 is 13.7 Å². The molecule has 0 bridgehead atoms. The van der Waals surface area contributed by atoms with Gasteiger partial charge in [-0.1, -0.05) is 23.7 Å². The zero-order valence-electron chi connectivity index (χ0n) is 15.4.